The lowest BCUT2D eigenvalue weighted by atomic mass is 9.97. The van der Waals surface area contributed by atoms with Crippen molar-refractivity contribution in [1.82, 2.24) is 10.2 Å². The minimum absolute atomic E-state index is 0.0812. The fraction of sp³-hybridized carbons (Fsp3) is 0.579. The summed E-state index contributed by atoms with van der Waals surface area (Å²) in [7, 11) is 0. The number of likely N-dealkylation sites (tertiary alicyclic amines) is 1. The lowest BCUT2D eigenvalue weighted by Crippen LogP contribution is -2.47. The molecule has 0 radical (unpaired) electrons. The molecule has 1 aliphatic heterocycles. The number of halogens is 1. The highest BCUT2D eigenvalue weighted by molar-refractivity contribution is 8.00. The van der Waals surface area contributed by atoms with Crippen molar-refractivity contribution in [3.8, 4) is 0 Å². The number of piperidine rings is 1. The zero-order valence-electron chi connectivity index (χ0n) is 15.0. The first-order chi connectivity index (χ1) is 12.0. The van der Waals surface area contributed by atoms with Gasteiger partial charge in [0.1, 0.15) is 0 Å². The molecule has 0 saturated carbocycles. The van der Waals surface area contributed by atoms with E-state index in [2.05, 4.69) is 12.2 Å². The highest BCUT2D eigenvalue weighted by Gasteiger charge is 2.30. The molecule has 1 aromatic rings. The largest absolute Gasteiger partial charge is 0.356 e. The minimum Gasteiger partial charge on any atom is -0.356 e. The smallest absolute Gasteiger partial charge is 0.235 e. The Hall–Kier alpha value is -1.20. The van der Waals surface area contributed by atoms with Crippen LogP contribution >= 0.6 is 23.4 Å². The maximum atomic E-state index is 12.7. The van der Waals surface area contributed by atoms with Crippen molar-refractivity contribution in [1.29, 1.82) is 0 Å². The molecule has 0 aliphatic carbocycles. The molecule has 1 saturated heterocycles. The van der Waals surface area contributed by atoms with Crippen LogP contribution in [-0.2, 0) is 9.59 Å². The third kappa shape index (κ3) is 6.23. The molecule has 25 heavy (non-hydrogen) atoms. The number of nitrogens with one attached hydrogen (secondary N) is 1. The third-order valence-electron chi connectivity index (χ3n) is 4.41. The number of unbranched alkanes of at least 4 members (excludes halogenated alkanes) is 1. The Balaban J connectivity index is 1.87. The fourth-order valence-electron chi connectivity index (χ4n) is 2.95. The van der Waals surface area contributed by atoms with E-state index >= 15 is 0 Å². The van der Waals surface area contributed by atoms with Crippen LogP contribution < -0.4 is 5.32 Å². The summed E-state index contributed by atoms with van der Waals surface area (Å²) < 4.78 is 0. The molecule has 0 aromatic heterocycles. The van der Waals surface area contributed by atoms with E-state index in [4.69, 9.17) is 11.6 Å². The average Bonchev–Trinajstić information content (AvgIpc) is 2.63. The van der Waals surface area contributed by atoms with Crippen LogP contribution in [0.15, 0.2) is 29.2 Å². The molecule has 2 atom stereocenters. The van der Waals surface area contributed by atoms with Gasteiger partial charge in [0.05, 0.1) is 11.2 Å². The van der Waals surface area contributed by atoms with E-state index in [1.807, 2.05) is 36.1 Å². The number of amides is 2. The van der Waals surface area contributed by atoms with Crippen molar-refractivity contribution in [2.24, 2.45) is 5.92 Å². The summed E-state index contributed by atoms with van der Waals surface area (Å²) in [5, 5.41) is 3.51. The van der Waals surface area contributed by atoms with Crippen molar-refractivity contribution in [2.45, 2.75) is 49.7 Å². The zero-order valence-corrected chi connectivity index (χ0v) is 16.5. The first kappa shape index (κ1) is 20.1. The molecular weight excluding hydrogens is 356 g/mol. The molecule has 4 nitrogen and oxygen atoms in total. The second-order valence-corrected chi connectivity index (χ2v) is 8.33. The lowest BCUT2D eigenvalue weighted by molar-refractivity contribution is -0.135. The summed E-state index contributed by atoms with van der Waals surface area (Å²) in [5.41, 5.74) is 0. The first-order valence-electron chi connectivity index (χ1n) is 9.00. The molecule has 0 spiro atoms. The summed E-state index contributed by atoms with van der Waals surface area (Å²) in [6, 6.07) is 7.52. The minimum atomic E-state index is -0.178. The summed E-state index contributed by atoms with van der Waals surface area (Å²) >= 11 is 7.43. The van der Waals surface area contributed by atoms with Crippen LogP contribution in [-0.4, -0.2) is 41.6 Å². The summed E-state index contributed by atoms with van der Waals surface area (Å²) in [6.07, 6.45) is 3.81. The van der Waals surface area contributed by atoms with E-state index < -0.39 is 0 Å². The molecule has 1 aliphatic rings. The van der Waals surface area contributed by atoms with Gasteiger partial charge in [-0.25, -0.2) is 0 Å². The topological polar surface area (TPSA) is 49.4 Å². The second-order valence-electron chi connectivity index (χ2n) is 6.48. The number of carbonyl (C=O) groups is 2. The Labute approximate surface area is 159 Å². The number of thioether (sulfide) groups is 1. The van der Waals surface area contributed by atoms with Gasteiger partial charge in [-0.1, -0.05) is 24.9 Å². The van der Waals surface area contributed by atoms with Gasteiger partial charge in [0, 0.05) is 29.6 Å². The van der Waals surface area contributed by atoms with Gasteiger partial charge in [0.25, 0.3) is 0 Å². The summed E-state index contributed by atoms with van der Waals surface area (Å²) in [6.45, 7) is 6.02. The second kappa shape index (κ2) is 10.1. The first-order valence-corrected chi connectivity index (χ1v) is 10.3. The van der Waals surface area contributed by atoms with E-state index in [0.29, 0.717) is 11.6 Å². The predicted molar refractivity (Wildman–Crippen MR) is 104 cm³/mol. The Bertz CT molecular complexity index is 579. The summed E-state index contributed by atoms with van der Waals surface area (Å²) in [5.74, 6) is 0.109. The van der Waals surface area contributed by atoms with Gasteiger partial charge in [-0.3, -0.25) is 9.59 Å². The monoisotopic (exact) mass is 382 g/mol. The van der Waals surface area contributed by atoms with Crippen molar-refractivity contribution in [2.75, 3.05) is 19.6 Å². The molecule has 1 N–H and O–H groups in total. The normalized spacial score (nSPS) is 18.7. The zero-order chi connectivity index (χ0) is 18.2. The van der Waals surface area contributed by atoms with E-state index in [1.54, 1.807) is 0 Å². The van der Waals surface area contributed by atoms with Gasteiger partial charge in [0.15, 0.2) is 0 Å². The van der Waals surface area contributed by atoms with Crippen molar-refractivity contribution in [3.63, 3.8) is 0 Å². The highest BCUT2D eigenvalue weighted by Crippen LogP contribution is 2.27. The molecule has 2 rings (SSSR count). The van der Waals surface area contributed by atoms with Crippen molar-refractivity contribution < 1.29 is 9.59 Å². The van der Waals surface area contributed by atoms with Crippen LogP contribution in [0.2, 0.25) is 5.02 Å². The fourth-order valence-corrected chi connectivity index (χ4v) is 4.03. The van der Waals surface area contributed by atoms with E-state index in [-0.39, 0.29) is 23.0 Å². The van der Waals surface area contributed by atoms with Crippen LogP contribution in [0.4, 0.5) is 0 Å². The third-order valence-corrected chi connectivity index (χ3v) is 5.76. The molecule has 1 fully saturated rings. The van der Waals surface area contributed by atoms with Crippen LogP contribution in [0.1, 0.15) is 39.5 Å². The Morgan fingerprint density at radius 1 is 1.36 bits per heavy atom. The van der Waals surface area contributed by atoms with Gasteiger partial charge < -0.3 is 10.2 Å². The van der Waals surface area contributed by atoms with Gasteiger partial charge in [-0.05, 0) is 50.5 Å². The molecular formula is C19H27ClN2O2S. The molecule has 1 heterocycles. The van der Waals surface area contributed by atoms with Crippen LogP contribution in [0.25, 0.3) is 0 Å². The van der Waals surface area contributed by atoms with E-state index in [0.717, 1.165) is 43.7 Å². The predicted octanol–water partition coefficient (Wildman–Crippen LogP) is 3.98. The van der Waals surface area contributed by atoms with Gasteiger partial charge >= 0.3 is 0 Å². The number of benzene rings is 1. The standard InChI is InChI=1S/C19H27ClN2O2S/c1-3-4-11-21-18(23)15-6-5-12-22(13-15)19(24)14(2)25-17-9-7-16(20)8-10-17/h7-10,14-15H,3-6,11-13H2,1-2H3,(H,21,23). The quantitative estimate of drug-likeness (QED) is 0.573. The van der Waals surface area contributed by atoms with Gasteiger partial charge in [0.2, 0.25) is 11.8 Å². The van der Waals surface area contributed by atoms with Gasteiger partial charge in [-0.15, -0.1) is 11.8 Å². The molecule has 138 valence electrons. The Kier molecular flexibility index (Phi) is 8.10. The number of hydrogen-bond acceptors (Lipinski definition) is 3. The van der Waals surface area contributed by atoms with Gasteiger partial charge in [-0.2, -0.15) is 0 Å². The lowest BCUT2D eigenvalue weighted by Gasteiger charge is -2.33. The Morgan fingerprint density at radius 2 is 2.08 bits per heavy atom. The molecule has 1 aromatic carbocycles. The molecule has 6 heteroatoms. The number of nitrogens with zero attached hydrogens (tertiary/aromatic N) is 1. The maximum Gasteiger partial charge on any atom is 0.235 e. The molecule has 2 unspecified atom stereocenters. The number of rotatable bonds is 7. The average molecular weight is 383 g/mol. The number of hydrogen-bond donors (Lipinski definition) is 1. The van der Waals surface area contributed by atoms with Crippen LogP contribution in [0.3, 0.4) is 0 Å². The maximum absolute atomic E-state index is 12.7. The Morgan fingerprint density at radius 3 is 2.76 bits per heavy atom. The molecule has 0 bridgehead atoms. The van der Waals surface area contributed by atoms with E-state index in [9.17, 15) is 9.59 Å². The SMILES string of the molecule is CCCCNC(=O)C1CCCN(C(=O)C(C)Sc2ccc(Cl)cc2)C1. The highest BCUT2D eigenvalue weighted by atomic mass is 35.5. The van der Waals surface area contributed by atoms with Crippen LogP contribution in [0.5, 0.6) is 0 Å². The van der Waals surface area contributed by atoms with Crippen LogP contribution in [0, 0.1) is 5.92 Å². The van der Waals surface area contributed by atoms with E-state index in [1.165, 1.54) is 11.8 Å². The summed E-state index contributed by atoms with van der Waals surface area (Å²) in [4.78, 5) is 27.9. The molecule has 2 amide bonds. The number of carbonyl (C=O) groups excluding carboxylic acids is 2. The van der Waals surface area contributed by atoms with Crippen molar-refractivity contribution in [3.05, 3.63) is 29.3 Å². The van der Waals surface area contributed by atoms with Crippen molar-refractivity contribution >= 4 is 35.2 Å².